The summed E-state index contributed by atoms with van der Waals surface area (Å²) >= 11 is 0. The van der Waals surface area contributed by atoms with Crippen molar-refractivity contribution < 1.29 is 8.42 Å². The Morgan fingerprint density at radius 2 is 1.95 bits per heavy atom. The summed E-state index contributed by atoms with van der Waals surface area (Å²) in [5.74, 6) is 1.63. The maximum atomic E-state index is 11.5. The smallest absolute Gasteiger partial charge is 0.191 e. The zero-order chi connectivity index (χ0) is 15.4. The van der Waals surface area contributed by atoms with Gasteiger partial charge in [-0.15, -0.1) is 0 Å². The largest absolute Gasteiger partial charge is 0.356 e. The van der Waals surface area contributed by atoms with Crippen LogP contribution in [-0.4, -0.2) is 38.5 Å². The summed E-state index contributed by atoms with van der Waals surface area (Å²) in [5, 5.41) is 6.71. The summed E-state index contributed by atoms with van der Waals surface area (Å²) in [6.07, 6.45) is 3.12. The van der Waals surface area contributed by atoms with E-state index in [4.69, 9.17) is 0 Å². The predicted octanol–water partition coefficient (Wildman–Crippen LogP) is 1.32. The Balaban J connectivity index is 1.55. The molecule has 1 saturated carbocycles. The van der Waals surface area contributed by atoms with E-state index in [-0.39, 0.29) is 5.92 Å². The van der Waals surface area contributed by atoms with Gasteiger partial charge in [0, 0.05) is 12.6 Å². The second-order valence-corrected chi connectivity index (χ2v) is 8.45. The molecule has 1 heterocycles. The van der Waals surface area contributed by atoms with Crippen molar-refractivity contribution >= 4 is 15.8 Å². The monoisotopic (exact) mass is 321 g/mol. The Morgan fingerprint density at radius 1 is 1.18 bits per heavy atom. The molecule has 5 nitrogen and oxygen atoms in total. The van der Waals surface area contributed by atoms with Crippen molar-refractivity contribution in [1.82, 2.24) is 10.6 Å². The summed E-state index contributed by atoms with van der Waals surface area (Å²) in [6, 6.07) is 10.7. The molecular weight excluding hydrogens is 298 g/mol. The molecule has 22 heavy (non-hydrogen) atoms. The van der Waals surface area contributed by atoms with Crippen LogP contribution in [0.3, 0.4) is 0 Å². The van der Waals surface area contributed by atoms with Gasteiger partial charge in [0.05, 0.1) is 18.1 Å². The van der Waals surface area contributed by atoms with Gasteiger partial charge in [0.2, 0.25) is 0 Å². The third kappa shape index (κ3) is 4.73. The van der Waals surface area contributed by atoms with Crippen molar-refractivity contribution in [2.45, 2.75) is 31.8 Å². The third-order valence-corrected chi connectivity index (χ3v) is 5.90. The molecule has 0 amide bonds. The Labute approximate surface area is 132 Å². The lowest BCUT2D eigenvalue weighted by Gasteiger charge is -2.14. The van der Waals surface area contributed by atoms with Gasteiger partial charge >= 0.3 is 0 Å². The Kier molecular flexibility index (Phi) is 4.66. The molecule has 1 aliphatic heterocycles. The van der Waals surface area contributed by atoms with E-state index in [2.05, 4.69) is 27.8 Å². The molecule has 1 saturated heterocycles. The Morgan fingerprint density at radius 3 is 2.59 bits per heavy atom. The van der Waals surface area contributed by atoms with Crippen LogP contribution >= 0.6 is 0 Å². The highest BCUT2D eigenvalue weighted by atomic mass is 32.2. The molecule has 2 aliphatic rings. The molecule has 120 valence electrons. The minimum Gasteiger partial charge on any atom is -0.356 e. The molecule has 2 N–H and O–H groups in total. The van der Waals surface area contributed by atoms with Crippen LogP contribution in [0.15, 0.2) is 35.3 Å². The summed E-state index contributed by atoms with van der Waals surface area (Å²) in [6.45, 7) is 1.30. The summed E-state index contributed by atoms with van der Waals surface area (Å²) in [4.78, 5) is 4.62. The normalized spacial score (nSPS) is 24.2. The number of sulfone groups is 1. The number of guanidine groups is 1. The average Bonchev–Trinajstić information content (AvgIpc) is 3.25. The molecule has 1 unspecified atom stereocenters. The van der Waals surface area contributed by atoms with Crippen molar-refractivity contribution in [2.75, 3.05) is 18.1 Å². The van der Waals surface area contributed by atoms with Gasteiger partial charge in [0.1, 0.15) is 0 Å². The second-order valence-electron chi connectivity index (χ2n) is 6.22. The molecule has 1 aromatic rings. The van der Waals surface area contributed by atoms with E-state index >= 15 is 0 Å². The lowest BCUT2D eigenvalue weighted by molar-refractivity contribution is 0.566. The maximum absolute atomic E-state index is 11.5. The van der Waals surface area contributed by atoms with Gasteiger partial charge in [0.25, 0.3) is 0 Å². The van der Waals surface area contributed by atoms with E-state index in [0.29, 0.717) is 30.6 Å². The molecule has 6 heteroatoms. The topological polar surface area (TPSA) is 70.6 Å². The fourth-order valence-electron chi connectivity index (χ4n) is 2.60. The molecule has 0 spiro atoms. The van der Waals surface area contributed by atoms with Gasteiger partial charge in [-0.2, -0.15) is 0 Å². The summed E-state index contributed by atoms with van der Waals surface area (Å²) in [5.41, 5.74) is 1.17. The van der Waals surface area contributed by atoms with Crippen LogP contribution in [0, 0.1) is 5.92 Å². The fraction of sp³-hybridized carbons (Fsp3) is 0.562. The number of nitrogens with one attached hydrogen (secondary N) is 2. The van der Waals surface area contributed by atoms with Gasteiger partial charge in [-0.3, -0.25) is 0 Å². The number of hydrogen-bond donors (Lipinski definition) is 2. The van der Waals surface area contributed by atoms with Crippen molar-refractivity contribution in [3.8, 4) is 0 Å². The lowest BCUT2D eigenvalue weighted by atomic mass is 10.1. The number of nitrogens with zero attached hydrogens (tertiary/aromatic N) is 1. The predicted molar refractivity (Wildman–Crippen MR) is 88.5 cm³/mol. The van der Waals surface area contributed by atoms with Crippen molar-refractivity contribution in [1.29, 1.82) is 0 Å². The van der Waals surface area contributed by atoms with Crippen LogP contribution in [-0.2, 0) is 16.4 Å². The minimum atomic E-state index is -2.81. The van der Waals surface area contributed by atoms with E-state index in [1.807, 2.05) is 18.2 Å². The van der Waals surface area contributed by atoms with E-state index in [0.717, 1.165) is 12.4 Å². The van der Waals surface area contributed by atoms with Crippen LogP contribution in [0.2, 0.25) is 0 Å². The van der Waals surface area contributed by atoms with Gasteiger partial charge in [-0.1, -0.05) is 30.3 Å². The first-order valence-corrected chi connectivity index (χ1v) is 9.72. The standard InChI is InChI=1S/C16H23N3O2S/c20-22(21)9-8-14(12-22)11-18-16(19-15-6-7-15)17-10-13-4-2-1-3-5-13/h1-5,14-15H,6-12H2,(H2,17,18,19). The minimum absolute atomic E-state index is 0.202. The number of benzene rings is 1. The third-order valence-electron chi connectivity index (χ3n) is 4.07. The molecule has 0 aromatic heterocycles. The SMILES string of the molecule is O=S1(=O)CCC(CNC(=NCc2ccccc2)NC2CC2)C1. The first-order chi connectivity index (χ1) is 10.6. The fourth-order valence-corrected chi connectivity index (χ4v) is 4.46. The average molecular weight is 321 g/mol. The van der Waals surface area contributed by atoms with Crippen LogP contribution in [0.1, 0.15) is 24.8 Å². The van der Waals surface area contributed by atoms with Gasteiger partial charge in [-0.25, -0.2) is 13.4 Å². The van der Waals surface area contributed by atoms with Gasteiger partial charge in [-0.05, 0) is 30.7 Å². The van der Waals surface area contributed by atoms with Crippen LogP contribution < -0.4 is 10.6 Å². The molecule has 0 radical (unpaired) electrons. The molecule has 2 fully saturated rings. The van der Waals surface area contributed by atoms with Gasteiger partial charge < -0.3 is 10.6 Å². The highest BCUT2D eigenvalue weighted by molar-refractivity contribution is 7.91. The molecule has 1 aromatic carbocycles. The van der Waals surface area contributed by atoms with Crippen LogP contribution in [0.5, 0.6) is 0 Å². The van der Waals surface area contributed by atoms with E-state index in [9.17, 15) is 8.42 Å². The highest BCUT2D eigenvalue weighted by Gasteiger charge is 2.28. The number of hydrogen-bond acceptors (Lipinski definition) is 3. The number of aliphatic imine (C=N–C) groups is 1. The molecular formula is C16H23N3O2S. The van der Waals surface area contributed by atoms with Crippen LogP contribution in [0.25, 0.3) is 0 Å². The number of rotatable bonds is 5. The quantitative estimate of drug-likeness (QED) is 0.634. The first kappa shape index (κ1) is 15.3. The Hall–Kier alpha value is -1.56. The maximum Gasteiger partial charge on any atom is 0.191 e. The second kappa shape index (κ2) is 6.69. The Bertz CT molecular complexity index is 624. The molecule has 0 bridgehead atoms. The summed E-state index contributed by atoms with van der Waals surface area (Å²) < 4.78 is 23.0. The van der Waals surface area contributed by atoms with Crippen molar-refractivity contribution in [3.63, 3.8) is 0 Å². The zero-order valence-electron chi connectivity index (χ0n) is 12.7. The van der Waals surface area contributed by atoms with Crippen molar-refractivity contribution in [3.05, 3.63) is 35.9 Å². The van der Waals surface area contributed by atoms with Gasteiger partial charge in [0.15, 0.2) is 15.8 Å². The zero-order valence-corrected chi connectivity index (χ0v) is 13.5. The molecule has 1 atom stereocenters. The van der Waals surface area contributed by atoms with E-state index in [1.54, 1.807) is 0 Å². The van der Waals surface area contributed by atoms with Crippen LogP contribution in [0.4, 0.5) is 0 Å². The lowest BCUT2D eigenvalue weighted by Crippen LogP contribution is -2.41. The molecule has 3 rings (SSSR count). The summed E-state index contributed by atoms with van der Waals surface area (Å²) in [7, 11) is -2.81. The molecule has 1 aliphatic carbocycles. The highest BCUT2D eigenvalue weighted by Crippen LogP contribution is 2.19. The van der Waals surface area contributed by atoms with E-state index in [1.165, 1.54) is 18.4 Å². The van der Waals surface area contributed by atoms with E-state index < -0.39 is 9.84 Å². The van der Waals surface area contributed by atoms with Crippen molar-refractivity contribution in [2.24, 2.45) is 10.9 Å². The first-order valence-electron chi connectivity index (χ1n) is 7.90.